The molecule has 2 aromatic carbocycles. The minimum absolute atomic E-state index is 0.00718. The molecule has 0 fully saturated rings. The summed E-state index contributed by atoms with van der Waals surface area (Å²) < 4.78 is 5.25. The zero-order valence-electron chi connectivity index (χ0n) is 14.3. The van der Waals surface area contributed by atoms with Crippen LogP contribution in [0.25, 0.3) is 0 Å². The lowest BCUT2D eigenvalue weighted by molar-refractivity contribution is -0.121. The van der Waals surface area contributed by atoms with Crippen molar-refractivity contribution in [2.45, 2.75) is 39.7 Å². The molecule has 0 aromatic heterocycles. The lowest BCUT2D eigenvalue weighted by Gasteiger charge is -2.15. The first kappa shape index (κ1) is 17.1. The molecule has 1 atom stereocenters. The summed E-state index contributed by atoms with van der Waals surface area (Å²) in [5.41, 5.74) is 4.47. The predicted molar refractivity (Wildman–Crippen MR) is 93.8 cm³/mol. The van der Waals surface area contributed by atoms with Crippen LogP contribution in [0.5, 0.6) is 5.75 Å². The van der Waals surface area contributed by atoms with Crippen LogP contribution in [-0.2, 0) is 17.6 Å². The number of methoxy groups -OCH3 is 1. The summed E-state index contributed by atoms with van der Waals surface area (Å²) in [6, 6.07) is 14.3. The summed E-state index contributed by atoms with van der Waals surface area (Å²) in [6.07, 6.45) is 1.40. The van der Waals surface area contributed by atoms with Gasteiger partial charge in [-0.2, -0.15) is 0 Å². The minimum atomic E-state index is 0.00718. The molecule has 122 valence electrons. The highest BCUT2D eigenvalue weighted by Crippen LogP contribution is 2.19. The highest BCUT2D eigenvalue weighted by Gasteiger charge is 2.11. The minimum Gasteiger partial charge on any atom is -0.496 e. The van der Waals surface area contributed by atoms with Crippen LogP contribution in [-0.4, -0.2) is 13.0 Å². The summed E-state index contributed by atoms with van der Waals surface area (Å²) >= 11 is 0. The van der Waals surface area contributed by atoms with Gasteiger partial charge >= 0.3 is 0 Å². The van der Waals surface area contributed by atoms with Crippen molar-refractivity contribution in [1.82, 2.24) is 5.32 Å². The Kier molecular flexibility index (Phi) is 5.80. The number of benzene rings is 2. The van der Waals surface area contributed by atoms with Gasteiger partial charge in [0.1, 0.15) is 5.75 Å². The van der Waals surface area contributed by atoms with E-state index in [-0.39, 0.29) is 11.9 Å². The van der Waals surface area contributed by atoms with Crippen LogP contribution in [0.3, 0.4) is 0 Å². The molecule has 0 aliphatic heterocycles. The van der Waals surface area contributed by atoms with Crippen molar-refractivity contribution in [3.05, 3.63) is 64.7 Å². The summed E-state index contributed by atoms with van der Waals surface area (Å²) in [6.45, 7) is 6.13. The second kappa shape index (κ2) is 7.82. The molecule has 0 aliphatic carbocycles. The fourth-order valence-corrected chi connectivity index (χ4v) is 2.65. The van der Waals surface area contributed by atoms with Gasteiger partial charge in [-0.25, -0.2) is 0 Å². The smallest absolute Gasteiger partial charge is 0.224 e. The van der Waals surface area contributed by atoms with Crippen LogP contribution in [0.2, 0.25) is 0 Å². The Morgan fingerprint density at radius 3 is 2.35 bits per heavy atom. The Balaban J connectivity index is 1.96. The fourth-order valence-electron chi connectivity index (χ4n) is 2.65. The van der Waals surface area contributed by atoms with Crippen molar-refractivity contribution in [3.8, 4) is 5.75 Å². The van der Waals surface area contributed by atoms with Crippen molar-refractivity contribution >= 4 is 5.91 Å². The molecule has 2 rings (SSSR count). The van der Waals surface area contributed by atoms with Gasteiger partial charge < -0.3 is 10.1 Å². The van der Waals surface area contributed by atoms with Crippen molar-refractivity contribution in [2.75, 3.05) is 7.11 Å². The van der Waals surface area contributed by atoms with Gasteiger partial charge in [0.25, 0.3) is 0 Å². The second-order valence-electron chi connectivity index (χ2n) is 5.87. The molecule has 0 heterocycles. The van der Waals surface area contributed by atoms with Gasteiger partial charge in [-0.05, 0) is 48.6 Å². The largest absolute Gasteiger partial charge is 0.496 e. The summed E-state index contributed by atoms with van der Waals surface area (Å²) in [5, 5.41) is 3.06. The van der Waals surface area contributed by atoms with Crippen LogP contribution in [0.15, 0.2) is 42.5 Å². The molecule has 0 bridgehead atoms. The van der Waals surface area contributed by atoms with Crippen LogP contribution in [0.4, 0.5) is 0 Å². The Labute approximate surface area is 138 Å². The molecule has 0 saturated heterocycles. The standard InChI is InChI=1S/C20H25NO2/c1-5-16-6-9-18(10-7-16)15(3)21-20(22)13-17-8-11-19(23-4)14(2)12-17/h6-12,15H,5,13H2,1-4H3,(H,21,22). The van der Waals surface area contributed by atoms with E-state index in [4.69, 9.17) is 4.74 Å². The summed E-state index contributed by atoms with van der Waals surface area (Å²) in [5.74, 6) is 0.875. The maximum atomic E-state index is 12.2. The quantitative estimate of drug-likeness (QED) is 0.876. The van der Waals surface area contributed by atoms with Crippen molar-refractivity contribution in [2.24, 2.45) is 0 Å². The van der Waals surface area contributed by atoms with Crippen molar-refractivity contribution in [3.63, 3.8) is 0 Å². The van der Waals surface area contributed by atoms with E-state index in [9.17, 15) is 4.79 Å². The number of aryl methyl sites for hydroxylation is 2. The molecule has 1 amide bonds. The van der Waals surface area contributed by atoms with Gasteiger partial charge in [0.15, 0.2) is 0 Å². The van der Waals surface area contributed by atoms with E-state index >= 15 is 0 Å². The van der Waals surface area contributed by atoms with E-state index < -0.39 is 0 Å². The lowest BCUT2D eigenvalue weighted by Crippen LogP contribution is -2.28. The first-order valence-corrected chi connectivity index (χ1v) is 8.05. The van der Waals surface area contributed by atoms with Crippen LogP contribution >= 0.6 is 0 Å². The van der Waals surface area contributed by atoms with E-state index in [1.807, 2.05) is 32.0 Å². The van der Waals surface area contributed by atoms with Crippen LogP contribution in [0, 0.1) is 6.92 Å². The number of carbonyl (C=O) groups excluding carboxylic acids is 1. The number of carbonyl (C=O) groups is 1. The number of hydrogen-bond acceptors (Lipinski definition) is 2. The Bertz CT molecular complexity index is 662. The maximum Gasteiger partial charge on any atom is 0.224 e. The predicted octanol–water partition coefficient (Wildman–Crippen LogP) is 3.99. The van der Waals surface area contributed by atoms with Gasteiger partial charge in [0.05, 0.1) is 19.6 Å². The Morgan fingerprint density at radius 1 is 1.13 bits per heavy atom. The summed E-state index contributed by atoms with van der Waals surface area (Å²) in [4.78, 5) is 12.2. The van der Waals surface area contributed by atoms with E-state index in [0.717, 1.165) is 28.9 Å². The molecular weight excluding hydrogens is 286 g/mol. The van der Waals surface area contributed by atoms with Crippen LogP contribution in [0.1, 0.15) is 42.1 Å². The Hall–Kier alpha value is -2.29. The van der Waals surface area contributed by atoms with Gasteiger partial charge in [-0.1, -0.05) is 43.3 Å². The van der Waals surface area contributed by atoms with Crippen LogP contribution < -0.4 is 10.1 Å². The molecule has 0 saturated carbocycles. The molecule has 0 radical (unpaired) electrons. The third-order valence-electron chi connectivity index (χ3n) is 4.09. The number of amides is 1. The third-order valence-corrected chi connectivity index (χ3v) is 4.09. The highest BCUT2D eigenvalue weighted by atomic mass is 16.5. The van der Waals surface area contributed by atoms with Gasteiger partial charge in [-0.15, -0.1) is 0 Å². The van der Waals surface area contributed by atoms with Gasteiger partial charge in [0.2, 0.25) is 5.91 Å². The topological polar surface area (TPSA) is 38.3 Å². The molecule has 1 N–H and O–H groups in total. The molecule has 3 nitrogen and oxygen atoms in total. The number of rotatable bonds is 6. The average molecular weight is 311 g/mol. The fraction of sp³-hybridized carbons (Fsp3) is 0.350. The summed E-state index contributed by atoms with van der Waals surface area (Å²) in [7, 11) is 1.65. The second-order valence-corrected chi connectivity index (χ2v) is 5.87. The highest BCUT2D eigenvalue weighted by molar-refractivity contribution is 5.79. The SMILES string of the molecule is CCc1ccc(C(C)NC(=O)Cc2ccc(OC)c(C)c2)cc1. The zero-order chi connectivity index (χ0) is 16.8. The van der Waals surface area contributed by atoms with E-state index in [1.54, 1.807) is 7.11 Å². The molecule has 0 aliphatic rings. The molecule has 23 heavy (non-hydrogen) atoms. The van der Waals surface area contributed by atoms with E-state index in [1.165, 1.54) is 5.56 Å². The van der Waals surface area contributed by atoms with E-state index in [2.05, 4.69) is 36.5 Å². The lowest BCUT2D eigenvalue weighted by atomic mass is 10.0. The zero-order valence-corrected chi connectivity index (χ0v) is 14.3. The number of hydrogen-bond donors (Lipinski definition) is 1. The number of ether oxygens (including phenoxy) is 1. The Morgan fingerprint density at radius 2 is 1.78 bits per heavy atom. The monoisotopic (exact) mass is 311 g/mol. The van der Waals surface area contributed by atoms with Crippen molar-refractivity contribution < 1.29 is 9.53 Å². The first-order valence-electron chi connectivity index (χ1n) is 8.05. The molecular formula is C20H25NO2. The number of nitrogens with one attached hydrogen (secondary N) is 1. The van der Waals surface area contributed by atoms with E-state index in [0.29, 0.717) is 6.42 Å². The van der Waals surface area contributed by atoms with Gasteiger partial charge in [0, 0.05) is 0 Å². The van der Waals surface area contributed by atoms with Crippen molar-refractivity contribution in [1.29, 1.82) is 0 Å². The first-order chi connectivity index (χ1) is 11.0. The average Bonchev–Trinajstić information content (AvgIpc) is 2.55. The molecule has 3 heteroatoms. The molecule has 1 unspecified atom stereocenters. The molecule has 0 spiro atoms. The van der Waals surface area contributed by atoms with Gasteiger partial charge in [-0.3, -0.25) is 4.79 Å². The normalized spacial score (nSPS) is 11.8. The third kappa shape index (κ3) is 4.59. The molecule has 2 aromatic rings. The maximum absolute atomic E-state index is 12.2.